The van der Waals surface area contributed by atoms with E-state index in [4.69, 9.17) is 9.72 Å². The lowest BCUT2D eigenvalue weighted by Gasteiger charge is -2.26. The number of pyridine rings is 1. The summed E-state index contributed by atoms with van der Waals surface area (Å²) in [5, 5.41) is 7.82. The summed E-state index contributed by atoms with van der Waals surface area (Å²) in [5.41, 5.74) is 4.14. The summed E-state index contributed by atoms with van der Waals surface area (Å²) in [6.45, 7) is 6.68. The molecule has 6 rings (SSSR count). The van der Waals surface area contributed by atoms with E-state index in [-0.39, 0.29) is 5.91 Å². The first-order chi connectivity index (χ1) is 19.1. The van der Waals surface area contributed by atoms with Crippen molar-refractivity contribution >= 4 is 45.2 Å². The van der Waals surface area contributed by atoms with E-state index in [0.29, 0.717) is 28.9 Å². The normalized spacial score (nSPS) is 13.8. The van der Waals surface area contributed by atoms with Gasteiger partial charge >= 0.3 is 0 Å². The van der Waals surface area contributed by atoms with Crippen LogP contribution in [0.1, 0.15) is 25.0 Å². The lowest BCUT2D eigenvalue weighted by Crippen LogP contribution is -2.29. The molecule has 1 aliphatic heterocycles. The summed E-state index contributed by atoms with van der Waals surface area (Å²) < 4.78 is 6.13. The summed E-state index contributed by atoms with van der Waals surface area (Å²) in [6.07, 6.45) is 6.88. The molecule has 0 unspecified atom stereocenters. The molecule has 0 atom stereocenters. The minimum atomic E-state index is -0.294. The molecule has 3 N–H and O–H groups in total. The number of hydrogen-bond acceptors (Lipinski definition) is 7. The van der Waals surface area contributed by atoms with Crippen molar-refractivity contribution in [2.24, 2.45) is 0 Å². The monoisotopic (exact) mass is 519 g/mol. The Morgan fingerprint density at radius 3 is 2.77 bits per heavy atom. The number of anilines is 3. The first kappa shape index (κ1) is 24.6. The number of amides is 1. The van der Waals surface area contributed by atoms with E-state index in [0.717, 1.165) is 47.3 Å². The standard InChI is InChI=1S/C30H29N7O2/c1-2-27(38)33-21-7-6-8-24(18-21)39-29-25-13-14-31-28(25)35-30(36-29)34-22-11-12-26-20(17-22)9-10-23(32-26)19-37-15-4-3-5-16-37/h2,6-14,17-18H,1,3-5,15-16,19H2,(H,33,38)(H2,31,34,35,36). The number of nitrogens with one attached hydrogen (secondary N) is 3. The topological polar surface area (TPSA) is 108 Å². The zero-order chi connectivity index (χ0) is 26.6. The smallest absolute Gasteiger partial charge is 0.247 e. The highest BCUT2D eigenvalue weighted by atomic mass is 16.5. The highest BCUT2D eigenvalue weighted by Crippen LogP contribution is 2.30. The largest absolute Gasteiger partial charge is 0.438 e. The van der Waals surface area contributed by atoms with Crippen molar-refractivity contribution in [2.75, 3.05) is 23.7 Å². The number of rotatable bonds is 8. The Labute approximate surface area is 226 Å². The van der Waals surface area contributed by atoms with Crippen LogP contribution < -0.4 is 15.4 Å². The molecular formula is C30H29N7O2. The van der Waals surface area contributed by atoms with E-state index in [2.05, 4.69) is 49.2 Å². The van der Waals surface area contributed by atoms with Gasteiger partial charge in [0.15, 0.2) is 0 Å². The van der Waals surface area contributed by atoms with Gasteiger partial charge in [0, 0.05) is 35.6 Å². The number of likely N-dealkylation sites (tertiary alicyclic amines) is 1. The van der Waals surface area contributed by atoms with Crippen molar-refractivity contribution in [3.05, 3.63) is 85.2 Å². The van der Waals surface area contributed by atoms with Crippen LogP contribution in [-0.2, 0) is 11.3 Å². The molecule has 9 nitrogen and oxygen atoms in total. The van der Waals surface area contributed by atoms with Crippen molar-refractivity contribution in [1.82, 2.24) is 24.8 Å². The van der Waals surface area contributed by atoms with Crippen LogP contribution >= 0.6 is 0 Å². The van der Waals surface area contributed by atoms with Crippen molar-refractivity contribution in [1.29, 1.82) is 0 Å². The summed E-state index contributed by atoms with van der Waals surface area (Å²) in [4.78, 5) is 31.4. The Hall–Kier alpha value is -4.76. The van der Waals surface area contributed by atoms with Crippen molar-refractivity contribution in [2.45, 2.75) is 25.8 Å². The summed E-state index contributed by atoms with van der Waals surface area (Å²) >= 11 is 0. The molecule has 1 fully saturated rings. The second-order valence-electron chi connectivity index (χ2n) is 9.59. The van der Waals surface area contributed by atoms with Crippen LogP contribution in [0.4, 0.5) is 17.3 Å². The molecule has 1 amide bonds. The zero-order valence-electron chi connectivity index (χ0n) is 21.5. The number of fused-ring (bicyclic) bond motifs is 2. The SMILES string of the molecule is C=CC(=O)Nc1cccc(Oc2nc(Nc3ccc4nc(CN5CCCCC5)ccc4c3)nc3[nH]ccc23)c1. The highest BCUT2D eigenvalue weighted by Gasteiger charge is 2.14. The van der Waals surface area contributed by atoms with E-state index in [1.54, 1.807) is 30.5 Å². The number of piperidine rings is 1. The Bertz CT molecular complexity index is 1660. The zero-order valence-corrected chi connectivity index (χ0v) is 21.5. The third-order valence-electron chi connectivity index (χ3n) is 6.72. The fraction of sp³-hybridized carbons (Fsp3) is 0.200. The van der Waals surface area contributed by atoms with Crippen LogP contribution in [0, 0.1) is 0 Å². The molecule has 9 heteroatoms. The number of aromatic nitrogens is 4. The van der Waals surface area contributed by atoms with Crippen molar-refractivity contribution in [3.63, 3.8) is 0 Å². The quantitative estimate of drug-likeness (QED) is 0.211. The number of carbonyl (C=O) groups excluding carboxylic acids is 1. The van der Waals surface area contributed by atoms with E-state index < -0.39 is 0 Å². The molecule has 0 aliphatic carbocycles. The van der Waals surface area contributed by atoms with Crippen LogP contribution in [0.25, 0.3) is 21.9 Å². The van der Waals surface area contributed by atoms with Crippen molar-refractivity contribution < 1.29 is 9.53 Å². The summed E-state index contributed by atoms with van der Waals surface area (Å²) in [7, 11) is 0. The number of H-pyrrole nitrogens is 1. The van der Waals surface area contributed by atoms with Crippen LogP contribution in [0.15, 0.2) is 79.5 Å². The van der Waals surface area contributed by atoms with Gasteiger partial charge in [-0.1, -0.05) is 25.1 Å². The Morgan fingerprint density at radius 1 is 1.00 bits per heavy atom. The fourth-order valence-corrected chi connectivity index (χ4v) is 4.80. The van der Waals surface area contributed by atoms with Gasteiger partial charge in [-0.3, -0.25) is 14.7 Å². The van der Waals surface area contributed by atoms with Gasteiger partial charge in [-0.2, -0.15) is 9.97 Å². The second kappa shape index (κ2) is 10.9. The van der Waals surface area contributed by atoms with E-state index in [1.165, 1.54) is 25.3 Å². The van der Waals surface area contributed by atoms with E-state index in [1.807, 2.05) is 24.3 Å². The van der Waals surface area contributed by atoms with Crippen LogP contribution in [0.2, 0.25) is 0 Å². The van der Waals surface area contributed by atoms with Crippen LogP contribution in [0.3, 0.4) is 0 Å². The molecular weight excluding hydrogens is 490 g/mol. The molecule has 2 aromatic carbocycles. The molecule has 1 saturated heterocycles. The second-order valence-corrected chi connectivity index (χ2v) is 9.59. The van der Waals surface area contributed by atoms with Gasteiger partial charge in [-0.25, -0.2) is 0 Å². The summed E-state index contributed by atoms with van der Waals surface area (Å²) in [5.74, 6) is 1.02. The molecule has 196 valence electrons. The maximum absolute atomic E-state index is 11.7. The van der Waals surface area contributed by atoms with Gasteiger partial charge in [0.05, 0.1) is 16.6 Å². The fourth-order valence-electron chi connectivity index (χ4n) is 4.80. The maximum atomic E-state index is 11.7. The first-order valence-electron chi connectivity index (χ1n) is 13.1. The molecule has 0 radical (unpaired) electrons. The number of ether oxygens (including phenoxy) is 1. The minimum absolute atomic E-state index is 0.294. The molecule has 4 heterocycles. The Morgan fingerprint density at radius 2 is 1.90 bits per heavy atom. The minimum Gasteiger partial charge on any atom is -0.438 e. The predicted octanol–water partition coefficient (Wildman–Crippen LogP) is 6.15. The molecule has 1 aliphatic rings. The van der Waals surface area contributed by atoms with Gasteiger partial charge in [0.1, 0.15) is 11.4 Å². The number of benzene rings is 2. The average molecular weight is 520 g/mol. The molecule has 0 spiro atoms. The lowest BCUT2D eigenvalue weighted by molar-refractivity contribution is -0.111. The van der Waals surface area contributed by atoms with Gasteiger partial charge < -0.3 is 20.4 Å². The van der Waals surface area contributed by atoms with Gasteiger partial charge in [0.25, 0.3) is 0 Å². The molecule has 3 aromatic heterocycles. The third kappa shape index (κ3) is 5.73. The molecule has 0 bridgehead atoms. The number of carbonyl (C=O) groups is 1. The Balaban J connectivity index is 1.22. The van der Waals surface area contributed by atoms with Gasteiger partial charge in [0.2, 0.25) is 17.7 Å². The van der Waals surface area contributed by atoms with E-state index >= 15 is 0 Å². The molecule has 39 heavy (non-hydrogen) atoms. The molecule has 5 aromatic rings. The number of nitrogens with zero attached hydrogens (tertiary/aromatic N) is 4. The van der Waals surface area contributed by atoms with Crippen LogP contribution in [-0.4, -0.2) is 43.8 Å². The molecule has 0 saturated carbocycles. The van der Waals surface area contributed by atoms with E-state index in [9.17, 15) is 4.79 Å². The summed E-state index contributed by atoms with van der Waals surface area (Å²) in [6, 6.07) is 19.2. The number of hydrogen-bond donors (Lipinski definition) is 3. The average Bonchev–Trinajstić information content (AvgIpc) is 3.43. The van der Waals surface area contributed by atoms with Crippen LogP contribution in [0.5, 0.6) is 11.6 Å². The first-order valence-corrected chi connectivity index (χ1v) is 13.1. The highest BCUT2D eigenvalue weighted by molar-refractivity contribution is 5.99. The third-order valence-corrected chi connectivity index (χ3v) is 6.72. The van der Waals surface area contributed by atoms with Gasteiger partial charge in [-0.05, 0) is 74.5 Å². The maximum Gasteiger partial charge on any atom is 0.247 e. The number of aromatic amines is 1. The Kier molecular flexibility index (Phi) is 6.88. The lowest BCUT2D eigenvalue weighted by atomic mass is 10.1. The van der Waals surface area contributed by atoms with Crippen molar-refractivity contribution in [3.8, 4) is 11.6 Å². The predicted molar refractivity (Wildman–Crippen MR) is 153 cm³/mol. The van der Waals surface area contributed by atoms with Gasteiger partial charge in [-0.15, -0.1) is 0 Å².